The summed E-state index contributed by atoms with van der Waals surface area (Å²) in [7, 11) is 4.14. The molecule has 5 heteroatoms. The molecule has 0 spiro atoms. The fourth-order valence-electron chi connectivity index (χ4n) is 3.02. The van der Waals surface area contributed by atoms with Crippen LogP contribution in [0.2, 0.25) is 0 Å². The van der Waals surface area contributed by atoms with Crippen LogP contribution in [0.15, 0.2) is 42.5 Å². The number of benzene rings is 2. The number of para-hydroxylation sites is 2. The van der Waals surface area contributed by atoms with Crippen molar-refractivity contribution in [3.8, 4) is 0 Å². The van der Waals surface area contributed by atoms with Gasteiger partial charge in [-0.1, -0.05) is 23.8 Å². The Bertz CT molecular complexity index is 1030. The number of fused-ring (bicyclic) bond motifs is 5. The van der Waals surface area contributed by atoms with Crippen LogP contribution in [0.1, 0.15) is 5.56 Å². The van der Waals surface area contributed by atoms with Crippen LogP contribution in [-0.2, 0) is 0 Å². The molecule has 2 heterocycles. The van der Waals surface area contributed by atoms with Crippen molar-refractivity contribution >= 4 is 33.5 Å². The summed E-state index contributed by atoms with van der Waals surface area (Å²) in [6.45, 7) is 3.88. The Morgan fingerprint density at radius 2 is 1.88 bits per heavy atom. The lowest BCUT2D eigenvalue weighted by atomic mass is 10.1. The van der Waals surface area contributed by atoms with Crippen LogP contribution in [-0.4, -0.2) is 46.5 Å². The lowest BCUT2D eigenvalue weighted by Gasteiger charge is -2.13. The van der Waals surface area contributed by atoms with Gasteiger partial charge in [-0.15, -0.1) is 0 Å². The lowest BCUT2D eigenvalue weighted by molar-refractivity contribution is 0.425. The van der Waals surface area contributed by atoms with E-state index in [0.29, 0.717) is 0 Å². The Kier molecular flexibility index (Phi) is 3.58. The van der Waals surface area contributed by atoms with Crippen LogP contribution in [0.25, 0.3) is 27.6 Å². The van der Waals surface area contributed by atoms with E-state index < -0.39 is 0 Å². The van der Waals surface area contributed by atoms with Crippen molar-refractivity contribution in [3.05, 3.63) is 48.0 Å². The number of nitrogens with zero attached hydrogens (tertiary/aromatic N) is 4. The molecule has 0 radical (unpaired) electrons. The summed E-state index contributed by atoms with van der Waals surface area (Å²) in [5.41, 5.74) is 5.21. The Balaban J connectivity index is 1.99. The van der Waals surface area contributed by atoms with Gasteiger partial charge < -0.3 is 10.2 Å². The second kappa shape index (κ2) is 5.76. The van der Waals surface area contributed by atoms with Gasteiger partial charge >= 0.3 is 0 Å². The summed E-state index contributed by atoms with van der Waals surface area (Å²) in [6.07, 6.45) is 0. The number of hydrogen-bond acceptors (Lipinski definition) is 4. The molecule has 4 rings (SSSR count). The number of aryl methyl sites for hydroxylation is 1. The molecule has 0 atom stereocenters. The molecule has 1 N–H and O–H groups in total. The maximum atomic E-state index is 4.86. The SMILES string of the molecule is Cc1ccc2nc(NCCN(C)C)n3c4ccccc4nc3c2c1. The summed E-state index contributed by atoms with van der Waals surface area (Å²) in [5.74, 6) is 0.844. The smallest absolute Gasteiger partial charge is 0.209 e. The van der Waals surface area contributed by atoms with Crippen molar-refractivity contribution in [2.45, 2.75) is 6.92 Å². The summed E-state index contributed by atoms with van der Waals surface area (Å²) in [4.78, 5) is 11.9. The van der Waals surface area contributed by atoms with Crippen LogP contribution in [0.5, 0.6) is 0 Å². The van der Waals surface area contributed by atoms with Gasteiger partial charge in [0.2, 0.25) is 5.95 Å². The molecule has 0 amide bonds. The van der Waals surface area contributed by atoms with Crippen LogP contribution in [0.3, 0.4) is 0 Å². The first-order chi connectivity index (χ1) is 11.6. The van der Waals surface area contributed by atoms with E-state index in [1.165, 1.54) is 5.56 Å². The third-order valence-corrected chi connectivity index (χ3v) is 4.23. The number of likely N-dealkylation sites (N-methyl/N-ethyl adjacent to an activating group) is 1. The highest BCUT2D eigenvalue weighted by Gasteiger charge is 2.13. The van der Waals surface area contributed by atoms with Gasteiger partial charge in [-0.3, -0.25) is 4.40 Å². The van der Waals surface area contributed by atoms with E-state index in [9.17, 15) is 0 Å². The van der Waals surface area contributed by atoms with Gasteiger partial charge in [-0.05, 0) is 45.3 Å². The molecule has 2 aromatic carbocycles. The van der Waals surface area contributed by atoms with Crippen LogP contribution < -0.4 is 5.32 Å². The number of nitrogens with one attached hydrogen (secondary N) is 1. The van der Waals surface area contributed by atoms with Gasteiger partial charge in [0.1, 0.15) is 5.65 Å². The molecule has 24 heavy (non-hydrogen) atoms. The zero-order chi connectivity index (χ0) is 16.7. The van der Waals surface area contributed by atoms with E-state index in [-0.39, 0.29) is 0 Å². The Morgan fingerprint density at radius 3 is 2.71 bits per heavy atom. The van der Waals surface area contributed by atoms with Gasteiger partial charge in [-0.2, -0.15) is 0 Å². The maximum absolute atomic E-state index is 4.86. The third-order valence-electron chi connectivity index (χ3n) is 4.23. The minimum Gasteiger partial charge on any atom is -0.354 e. The fourth-order valence-corrected chi connectivity index (χ4v) is 3.02. The maximum Gasteiger partial charge on any atom is 0.209 e. The molecule has 0 fully saturated rings. The highest BCUT2D eigenvalue weighted by molar-refractivity contribution is 5.98. The van der Waals surface area contributed by atoms with Crippen LogP contribution >= 0.6 is 0 Å². The first-order valence-electron chi connectivity index (χ1n) is 8.19. The molecule has 4 aromatic rings. The molecule has 0 aliphatic heterocycles. The Hall–Kier alpha value is -2.66. The van der Waals surface area contributed by atoms with Gasteiger partial charge in [0.15, 0.2) is 0 Å². The quantitative estimate of drug-likeness (QED) is 0.627. The van der Waals surface area contributed by atoms with E-state index in [2.05, 4.69) is 59.9 Å². The van der Waals surface area contributed by atoms with Crippen LogP contribution in [0, 0.1) is 6.92 Å². The lowest BCUT2D eigenvalue weighted by Crippen LogP contribution is -2.22. The molecule has 0 saturated heterocycles. The summed E-state index contributed by atoms with van der Waals surface area (Å²) in [5, 5.41) is 4.56. The van der Waals surface area contributed by atoms with Crippen molar-refractivity contribution in [3.63, 3.8) is 0 Å². The molecular formula is C19H21N5. The number of rotatable bonds is 4. The summed E-state index contributed by atoms with van der Waals surface area (Å²) < 4.78 is 2.13. The standard InChI is InChI=1S/C19H21N5/c1-13-8-9-15-14(12-13)18-21-16-6-4-5-7-17(16)24(18)19(22-15)20-10-11-23(2)3/h4-9,12H,10-11H2,1-3H3,(H,20,22). The number of anilines is 1. The van der Waals surface area contributed by atoms with Crippen molar-refractivity contribution in [1.82, 2.24) is 19.3 Å². The van der Waals surface area contributed by atoms with Crippen molar-refractivity contribution in [1.29, 1.82) is 0 Å². The predicted octanol–water partition coefficient (Wildman–Crippen LogP) is 3.32. The third kappa shape index (κ3) is 2.47. The fraction of sp³-hybridized carbons (Fsp3) is 0.263. The highest BCUT2D eigenvalue weighted by atomic mass is 15.2. The first kappa shape index (κ1) is 14.9. The number of hydrogen-bond donors (Lipinski definition) is 1. The predicted molar refractivity (Wildman–Crippen MR) is 99.8 cm³/mol. The molecule has 0 bridgehead atoms. The number of imidazole rings is 1. The van der Waals surface area contributed by atoms with E-state index in [0.717, 1.165) is 46.6 Å². The Labute approximate surface area is 140 Å². The van der Waals surface area contributed by atoms with Gasteiger partial charge in [0.05, 0.1) is 16.6 Å². The number of aromatic nitrogens is 3. The van der Waals surface area contributed by atoms with E-state index >= 15 is 0 Å². The van der Waals surface area contributed by atoms with Gasteiger partial charge in [0.25, 0.3) is 0 Å². The first-order valence-corrected chi connectivity index (χ1v) is 8.19. The molecule has 122 valence electrons. The molecule has 0 aliphatic carbocycles. The van der Waals surface area contributed by atoms with Crippen molar-refractivity contribution < 1.29 is 0 Å². The van der Waals surface area contributed by atoms with Crippen LogP contribution in [0.4, 0.5) is 5.95 Å². The molecular weight excluding hydrogens is 298 g/mol. The topological polar surface area (TPSA) is 45.5 Å². The average molecular weight is 319 g/mol. The second-order valence-corrected chi connectivity index (χ2v) is 6.45. The minimum absolute atomic E-state index is 0.832. The normalized spacial score (nSPS) is 11.8. The van der Waals surface area contributed by atoms with Crippen molar-refractivity contribution in [2.75, 3.05) is 32.5 Å². The average Bonchev–Trinajstić information content (AvgIpc) is 2.95. The second-order valence-electron chi connectivity index (χ2n) is 6.45. The van der Waals surface area contributed by atoms with Gasteiger partial charge in [-0.25, -0.2) is 9.97 Å². The molecule has 5 nitrogen and oxygen atoms in total. The molecule has 0 aliphatic rings. The van der Waals surface area contributed by atoms with E-state index in [4.69, 9.17) is 9.97 Å². The summed E-state index contributed by atoms with van der Waals surface area (Å²) in [6, 6.07) is 14.5. The zero-order valence-electron chi connectivity index (χ0n) is 14.2. The minimum atomic E-state index is 0.832. The molecule has 0 saturated carbocycles. The highest BCUT2D eigenvalue weighted by Crippen LogP contribution is 2.27. The zero-order valence-corrected chi connectivity index (χ0v) is 14.2. The Morgan fingerprint density at radius 1 is 1.04 bits per heavy atom. The van der Waals surface area contributed by atoms with E-state index in [1.54, 1.807) is 0 Å². The largest absolute Gasteiger partial charge is 0.354 e. The monoisotopic (exact) mass is 319 g/mol. The molecule has 2 aromatic heterocycles. The molecule has 0 unspecified atom stereocenters. The van der Waals surface area contributed by atoms with E-state index in [1.807, 2.05) is 18.2 Å². The summed E-state index contributed by atoms with van der Waals surface area (Å²) >= 11 is 0. The van der Waals surface area contributed by atoms with Crippen molar-refractivity contribution in [2.24, 2.45) is 0 Å². The van der Waals surface area contributed by atoms with Gasteiger partial charge in [0, 0.05) is 18.5 Å².